The van der Waals surface area contributed by atoms with Crippen molar-refractivity contribution in [2.45, 2.75) is 6.92 Å². The molecule has 0 atom stereocenters. The number of anilines is 1. The smallest absolute Gasteiger partial charge is 0.274 e. The van der Waals surface area contributed by atoms with Crippen LogP contribution in [-0.4, -0.2) is 21.6 Å². The molecule has 0 saturated heterocycles. The normalized spacial score (nSPS) is 10.7. The average molecular weight is 386 g/mol. The van der Waals surface area contributed by atoms with Crippen LogP contribution in [0.25, 0.3) is 10.9 Å². The van der Waals surface area contributed by atoms with Gasteiger partial charge >= 0.3 is 0 Å². The van der Waals surface area contributed by atoms with E-state index in [1.807, 2.05) is 0 Å². The van der Waals surface area contributed by atoms with E-state index in [9.17, 15) is 14.4 Å². The second kappa shape index (κ2) is 7.22. The molecule has 0 unspecified atom stereocenters. The third kappa shape index (κ3) is 3.55. The standard InChI is InChI=1S/C19H16ClN3O4/c1-10-7-12-8-13(4-6-16(12)23(2)19(10)26)21-18(25)14-9-11(17(24)22-27)3-5-15(14)20/h3-9,27H,1-2H3,(H,21,25)(H,22,24). The molecule has 0 bridgehead atoms. The van der Waals surface area contributed by atoms with Crippen molar-refractivity contribution in [3.05, 3.63) is 74.5 Å². The Labute approximate surface area is 159 Å². The van der Waals surface area contributed by atoms with Crippen molar-refractivity contribution in [3.8, 4) is 0 Å². The molecule has 7 nitrogen and oxygen atoms in total. The lowest BCUT2D eigenvalue weighted by Gasteiger charge is -2.11. The van der Waals surface area contributed by atoms with Crippen molar-refractivity contribution in [1.82, 2.24) is 10.0 Å². The predicted molar refractivity (Wildman–Crippen MR) is 103 cm³/mol. The van der Waals surface area contributed by atoms with Gasteiger partial charge in [0.2, 0.25) is 0 Å². The number of aromatic nitrogens is 1. The summed E-state index contributed by atoms with van der Waals surface area (Å²) in [4.78, 5) is 36.1. The van der Waals surface area contributed by atoms with Gasteiger partial charge in [-0.1, -0.05) is 11.6 Å². The van der Waals surface area contributed by atoms with E-state index in [0.29, 0.717) is 11.3 Å². The van der Waals surface area contributed by atoms with Gasteiger partial charge in [-0.05, 0) is 49.4 Å². The van der Waals surface area contributed by atoms with E-state index in [2.05, 4.69) is 5.32 Å². The SMILES string of the molecule is Cc1cc2cc(NC(=O)c3cc(C(=O)NO)ccc3Cl)ccc2n(C)c1=O. The van der Waals surface area contributed by atoms with Gasteiger partial charge in [0.1, 0.15) is 0 Å². The number of aryl methyl sites for hydroxylation is 2. The zero-order chi connectivity index (χ0) is 19.7. The molecule has 2 aromatic carbocycles. The Hall–Kier alpha value is -3.16. The summed E-state index contributed by atoms with van der Waals surface area (Å²) in [7, 11) is 1.69. The molecule has 8 heteroatoms. The van der Waals surface area contributed by atoms with E-state index in [4.69, 9.17) is 16.8 Å². The molecule has 138 valence electrons. The number of amides is 2. The Balaban J connectivity index is 1.96. The molecular weight excluding hydrogens is 370 g/mol. The third-order valence-corrected chi connectivity index (χ3v) is 4.57. The minimum absolute atomic E-state index is 0.0787. The predicted octanol–water partition coefficient (Wildman–Crippen LogP) is 2.87. The molecule has 0 fully saturated rings. The lowest BCUT2D eigenvalue weighted by molar-refractivity contribution is 0.0706. The first-order chi connectivity index (χ1) is 12.8. The van der Waals surface area contributed by atoms with Crippen LogP contribution >= 0.6 is 11.6 Å². The van der Waals surface area contributed by atoms with Crippen molar-refractivity contribution < 1.29 is 14.8 Å². The zero-order valence-corrected chi connectivity index (χ0v) is 15.3. The molecule has 0 saturated carbocycles. The van der Waals surface area contributed by atoms with E-state index in [0.717, 1.165) is 10.9 Å². The fourth-order valence-corrected chi connectivity index (χ4v) is 3.03. The van der Waals surface area contributed by atoms with Crippen molar-refractivity contribution in [2.24, 2.45) is 7.05 Å². The number of carbonyl (C=O) groups is 2. The number of nitrogens with one attached hydrogen (secondary N) is 2. The lowest BCUT2D eigenvalue weighted by atomic mass is 10.1. The number of halogens is 1. The second-order valence-electron chi connectivity index (χ2n) is 6.05. The first-order valence-corrected chi connectivity index (χ1v) is 8.35. The second-order valence-corrected chi connectivity index (χ2v) is 6.46. The van der Waals surface area contributed by atoms with Crippen LogP contribution in [0.2, 0.25) is 5.02 Å². The van der Waals surface area contributed by atoms with Crippen molar-refractivity contribution in [2.75, 3.05) is 5.32 Å². The van der Waals surface area contributed by atoms with E-state index >= 15 is 0 Å². The highest BCUT2D eigenvalue weighted by atomic mass is 35.5. The van der Waals surface area contributed by atoms with Crippen LogP contribution in [0.3, 0.4) is 0 Å². The van der Waals surface area contributed by atoms with Gasteiger partial charge in [-0.25, -0.2) is 5.48 Å². The Morgan fingerprint density at radius 2 is 1.81 bits per heavy atom. The minimum Gasteiger partial charge on any atom is -0.322 e. The van der Waals surface area contributed by atoms with Gasteiger partial charge in [0, 0.05) is 29.2 Å². The number of benzene rings is 2. The highest BCUT2D eigenvalue weighted by Gasteiger charge is 2.15. The Bertz CT molecular complexity index is 1140. The van der Waals surface area contributed by atoms with E-state index in [1.165, 1.54) is 23.7 Å². The maximum absolute atomic E-state index is 12.6. The van der Waals surface area contributed by atoms with Gasteiger partial charge in [0.25, 0.3) is 17.4 Å². The summed E-state index contributed by atoms with van der Waals surface area (Å²) in [6, 6.07) is 11.0. The number of rotatable bonds is 3. The van der Waals surface area contributed by atoms with E-state index in [1.54, 1.807) is 42.8 Å². The number of pyridine rings is 1. The zero-order valence-electron chi connectivity index (χ0n) is 14.5. The summed E-state index contributed by atoms with van der Waals surface area (Å²) in [5, 5.41) is 12.4. The van der Waals surface area contributed by atoms with Crippen LogP contribution in [0.4, 0.5) is 5.69 Å². The minimum atomic E-state index is -0.747. The average Bonchev–Trinajstić information content (AvgIpc) is 2.65. The molecule has 1 heterocycles. The molecule has 1 aromatic heterocycles. The maximum atomic E-state index is 12.6. The Kier molecular flexibility index (Phi) is 4.98. The first kappa shape index (κ1) is 18.6. The van der Waals surface area contributed by atoms with Gasteiger partial charge in [-0.3, -0.25) is 19.6 Å². The fraction of sp³-hybridized carbons (Fsp3) is 0.105. The van der Waals surface area contributed by atoms with Crippen LogP contribution in [-0.2, 0) is 7.05 Å². The van der Waals surface area contributed by atoms with Gasteiger partial charge in [-0.2, -0.15) is 0 Å². The van der Waals surface area contributed by atoms with Crippen molar-refractivity contribution in [3.63, 3.8) is 0 Å². The fourth-order valence-electron chi connectivity index (χ4n) is 2.83. The quantitative estimate of drug-likeness (QED) is 0.476. The largest absolute Gasteiger partial charge is 0.322 e. The Morgan fingerprint density at radius 3 is 2.52 bits per heavy atom. The summed E-state index contributed by atoms with van der Waals surface area (Å²) in [6.07, 6.45) is 0. The first-order valence-electron chi connectivity index (χ1n) is 7.97. The topological polar surface area (TPSA) is 100 Å². The summed E-state index contributed by atoms with van der Waals surface area (Å²) in [6.45, 7) is 1.73. The molecule has 0 aliphatic heterocycles. The van der Waals surface area contributed by atoms with Gasteiger partial charge in [0.15, 0.2) is 0 Å². The number of carbonyl (C=O) groups excluding carboxylic acids is 2. The highest BCUT2D eigenvalue weighted by molar-refractivity contribution is 6.34. The van der Waals surface area contributed by atoms with Crippen LogP contribution in [0.1, 0.15) is 26.3 Å². The van der Waals surface area contributed by atoms with Crippen LogP contribution < -0.4 is 16.4 Å². The van der Waals surface area contributed by atoms with Crippen LogP contribution in [0, 0.1) is 6.92 Å². The molecule has 2 amide bonds. The molecular formula is C19H16ClN3O4. The molecule has 0 aliphatic carbocycles. The van der Waals surface area contributed by atoms with Crippen molar-refractivity contribution in [1.29, 1.82) is 0 Å². The molecule has 3 rings (SSSR count). The summed E-state index contributed by atoms with van der Waals surface area (Å²) < 4.78 is 1.55. The molecule has 3 aromatic rings. The van der Waals surface area contributed by atoms with Gasteiger partial charge < -0.3 is 9.88 Å². The number of hydrogen-bond donors (Lipinski definition) is 3. The molecule has 0 aliphatic rings. The van der Waals surface area contributed by atoms with Crippen LogP contribution in [0.15, 0.2) is 47.3 Å². The van der Waals surface area contributed by atoms with Crippen LogP contribution in [0.5, 0.6) is 0 Å². The summed E-state index contributed by atoms with van der Waals surface area (Å²) >= 11 is 6.07. The van der Waals surface area contributed by atoms with E-state index in [-0.39, 0.29) is 21.7 Å². The number of nitrogens with zero attached hydrogens (tertiary/aromatic N) is 1. The molecule has 3 N–H and O–H groups in total. The van der Waals surface area contributed by atoms with Gasteiger partial charge in [-0.15, -0.1) is 0 Å². The monoisotopic (exact) mass is 385 g/mol. The lowest BCUT2D eigenvalue weighted by Crippen LogP contribution is -2.20. The summed E-state index contributed by atoms with van der Waals surface area (Å²) in [5.41, 5.74) is 3.47. The van der Waals surface area contributed by atoms with Crippen molar-refractivity contribution >= 4 is 40.0 Å². The molecule has 27 heavy (non-hydrogen) atoms. The number of hydrogen-bond acceptors (Lipinski definition) is 4. The third-order valence-electron chi connectivity index (χ3n) is 4.24. The van der Waals surface area contributed by atoms with Gasteiger partial charge in [0.05, 0.1) is 16.1 Å². The highest BCUT2D eigenvalue weighted by Crippen LogP contribution is 2.22. The molecule has 0 spiro atoms. The summed E-state index contributed by atoms with van der Waals surface area (Å²) in [5.74, 6) is -1.25. The number of fused-ring (bicyclic) bond motifs is 1. The van der Waals surface area contributed by atoms with E-state index < -0.39 is 11.8 Å². The maximum Gasteiger partial charge on any atom is 0.274 e. The molecule has 0 radical (unpaired) electrons. The number of hydroxylamine groups is 1. The Morgan fingerprint density at radius 1 is 1.07 bits per heavy atom.